The molecular formula is C23H25N5O. The molecule has 2 heterocycles. The minimum Gasteiger partial charge on any atom is -0.372 e. The summed E-state index contributed by atoms with van der Waals surface area (Å²) in [5.41, 5.74) is 3.68. The van der Waals surface area contributed by atoms with Crippen LogP contribution in [0.2, 0.25) is 0 Å². The number of hydrogen-bond acceptors (Lipinski definition) is 6. The van der Waals surface area contributed by atoms with Gasteiger partial charge in [0.1, 0.15) is 5.82 Å². The predicted octanol–water partition coefficient (Wildman–Crippen LogP) is 5.16. The summed E-state index contributed by atoms with van der Waals surface area (Å²) in [5.74, 6) is 1.21. The predicted molar refractivity (Wildman–Crippen MR) is 118 cm³/mol. The zero-order valence-electron chi connectivity index (χ0n) is 16.6. The summed E-state index contributed by atoms with van der Waals surface area (Å²) in [5, 5.41) is 6.48. The second-order valence-electron chi connectivity index (χ2n) is 7.25. The highest BCUT2D eigenvalue weighted by molar-refractivity contribution is 5.95. The van der Waals surface area contributed by atoms with Gasteiger partial charge in [-0.3, -0.25) is 4.79 Å². The Morgan fingerprint density at radius 3 is 2.48 bits per heavy atom. The lowest BCUT2D eigenvalue weighted by molar-refractivity contribution is 0.101. The largest absolute Gasteiger partial charge is 0.372 e. The van der Waals surface area contributed by atoms with Crippen LogP contribution in [-0.2, 0) is 0 Å². The first-order valence-electron chi connectivity index (χ1n) is 10.0. The van der Waals surface area contributed by atoms with E-state index in [1.54, 1.807) is 25.3 Å². The van der Waals surface area contributed by atoms with Gasteiger partial charge in [-0.25, -0.2) is 4.98 Å². The summed E-state index contributed by atoms with van der Waals surface area (Å²) >= 11 is 0. The normalized spacial score (nSPS) is 13.8. The quantitative estimate of drug-likeness (QED) is 0.570. The van der Waals surface area contributed by atoms with Crippen molar-refractivity contribution in [1.82, 2.24) is 9.97 Å². The number of aromatic nitrogens is 2. The van der Waals surface area contributed by atoms with Crippen molar-refractivity contribution in [3.63, 3.8) is 0 Å². The molecule has 1 aliphatic heterocycles. The SMILES string of the molecule is CC(=O)c1cccc(Nc2ccnc(Nc3ccc(N4CCCCC4)cc3)n2)c1. The van der Waals surface area contributed by atoms with Crippen LogP contribution in [-0.4, -0.2) is 28.8 Å². The Morgan fingerprint density at radius 1 is 0.931 bits per heavy atom. The molecule has 0 atom stereocenters. The molecule has 6 nitrogen and oxygen atoms in total. The molecule has 1 saturated heterocycles. The molecule has 4 rings (SSSR count). The van der Waals surface area contributed by atoms with Crippen molar-refractivity contribution >= 4 is 34.6 Å². The van der Waals surface area contributed by atoms with Crippen molar-refractivity contribution < 1.29 is 4.79 Å². The van der Waals surface area contributed by atoms with Gasteiger partial charge < -0.3 is 15.5 Å². The van der Waals surface area contributed by atoms with E-state index in [0.717, 1.165) is 24.5 Å². The van der Waals surface area contributed by atoms with E-state index in [0.29, 0.717) is 17.3 Å². The molecule has 29 heavy (non-hydrogen) atoms. The lowest BCUT2D eigenvalue weighted by atomic mass is 10.1. The Hall–Kier alpha value is -3.41. The van der Waals surface area contributed by atoms with Gasteiger partial charge in [0.25, 0.3) is 0 Å². The molecule has 0 bridgehead atoms. The first-order chi connectivity index (χ1) is 14.2. The summed E-state index contributed by atoms with van der Waals surface area (Å²) in [7, 11) is 0. The van der Waals surface area contributed by atoms with Gasteiger partial charge >= 0.3 is 0 Å². The van der Waals surface area contributed by atoms with Crippen LogP contribution in [0.5, 0.6) is 0 Å². The van der Waals surface area contributed by atoms with Crippen LogP contribution in [0, 0.1) is 0 Å². The van der Waals surface area contributed by atoms with E-state index >= 15 is 0 Å². The summed E-state index contributed by atoms with van der Waals surface area (Å²) in [6.45, 7) is 3.82. The second-order valence-corrected chi connectivity index (χ2v) is 7.25. The molecule has 3 aromatic rings. The van der Waals surface area contributed by atoms with Gasteiger partial charge in [-0.2, -0.15) is 4.98 Å². The summed E-state index contributed by atoms with van der Waals surface area (Å²) in [4.78, 5) is 22.8. The molecule has 2 aromatic carbocycles. The fourth-order valence-electron chi connectivity index (χ4n) is 3.49. The number of nitrogens with one attached hydrogen (secondary N) is 2. The number of piperidine rings is 1. The van der Waals surface area contributed by atoms with Crippen molar-refractivity contribution in [3.8, 4) is 0 Å². The number of anilines is 5. The van der Waals surface area contributed by atoms with Gasteiger partial charge in [-0.15, -0.1) is 0 Å². The lowest BCUT2D eigenvalue weighted by Crippen LogP contribution is -2.29. The first-order valence-corrected chi connectivity index (χ1v) is 10.0. The number of Topliss-reactive ketones (excluding diaryl/α,β-unsaturated/α-hetero) is 1. The average molecular weight is 387 g/mol. The van der Waals surface area contributed by atoms with Crippen molar-refractivity contribution in [3.05, 3.63) is 66.4 Å². The topological polar surface area (TPSA) is 70.2 Å². The van der Waals surface area contributed by atoms with E-state index in [-0.39, 0.29) is 5.78 Å². The number of nitrogens with zero attached hydrogens (tertiary/aromatic N) is 3. The monoisotopic (exact) mass is 387 g/mol. The number of carbonyl (C=O) groups excluding carboxylic acids is 1. The van der Waals surface area contributed by atoms with Gasteiger partial charge in [0.05, 0.1) is 0 Å². The van der Waals surface area contributed by atoms with Gasteiger partial charge in [-0.05, 0) is 68.7 Å². The standard InChI is InChI=1S/C23H25N5O/c1-17(29)18-6-5-7-20(16-18)25-22-12-13-24-23(27-22)26-19-8-10-21(11-9-19)28-14-3-2-4-15-28/h5-13,16H,2-4,14-15H2,1H3,(H2,24,25,26,27). The van der Waals surface area contributed by atoms with Crippen molar-refractivity contribution in [1.29, 1.82) is 0 Å². The minimum atomic E-state index is 0.0340. The van der Waals surface area contributed by atoms with Crippen LogP contribution < -0.4 is 15.5 Å². The number of hydrogen-bond donors (Lipinski definition) is 2. The fourth-order valence-corrected chi connectivity index (χ4v) is 3.49. The van der Waals surface area contributed by atoms with Gasteiger partial charge in [0.15, 0.2) is 5.78 Å². The maximum Gasteiger partial charge on any atom is 0.229 e. The third-order valence-corrected chi connectivity index (χ3v) is 5.04. The highest BCUT2D eigenvalue weighted by Crippen LogP contribution is 2.23. The summed E-state index contributed by atoms with van der Waals surface area (Å²) < 4.78 is 0. The maximum absolute atomic E-state index is 11.6. The smallest absolute Gasteiger partial charge is 0.229 e. The fraction of sp³-hybridized carbons (Fsp3) is 0.261. The number of benzene rings is 2. The van der Waals surface area contributed by atoms with Crippen molar-refractivity contribution in [2.75, 3.05) is 28.6 Å². The van der Waals surface area contributed by atoms with E-state index in [1.165, 1.54) is 24.9 Å². The lowest BCUT2D eigenvalue weighted by Gasteiger charge is -2.28. The number of carbonyl (C=O) groups is 1. The van der Waals surface area contributed by atoms with Crippen molar-refractivity contribution in [2.45, 2.75) is 26.2 Å². The number of rotatable bonds is 6. The maximum atomic E-state index is 11.6. The van der Waals surface area contributed by atoms with Gasteiger partial charge in [-0.1, -0.05) is 12.1 Å². The highest BCUT2D eigenvalue weighted by Gasteiger charge is 2.10. The number of ketones is 1. The van der Waals surface area contributed by atoms with Crippen LogP contribution in [0.25, 0.3) is 0 Å². The van der Waals surface area contributed by atoms with E-state index < -0.39 is 0 Å². The molecular weight excluding hydrogens is 362 g/mol. The highest BCUT2D eigenvalue weighted by atomic mass is 16.1. The molecule has 0 radical (unpaired) electrons. The van der Waals surface area contributed by atoms with Crippen LogP contribution in [0.15, 0.2) is 60.8 Å². The summed E-state index contributed by atoms with van der Waals surface area (Å²) in [6, 6.07) is 17.6. The molecule has 148 valence electrons. The van der Waals surface area contributed by atoms with Crippen molar-refractivity contribution in [2.24, 2.45) is 0 Å². The second kappa shape index (κ2) is 8.73. The Labute approximate surface area is 171 Å². The molecule has 0 aliphatic carbocycles. The van der Waals surface area contributed by atoms with Crippen LogP contribution in [0.3, 0.4) is 0 Å². The van der Waals surface area contributed by atoms with Gasteiger partial charge in [0.2, 0.25) is 5.95 Å². The average Bonchev–Trinajstić information content (AvgIpc) is 2.75. The molecule has 0 unspecified atom stereocenters. The van der Waals surface area contributed by atoms with E-state index in [9.17, 15) is 4.79 Å². The Balaban J connectivity index is 1.43. The molecule has 2 N–H and O–H groups in total. The molecule has 1 fully saturated rings. The third kappa shape index (κ3) is 4.90. The Morgan fingerprint density at radius 2 is 1.72 bits per heavy atom. The molecule has 1 aromatic heterocycles. The zero-order chi connectivity index (χ0) is 20.1. The molecule has 1 aliphatic rings. The van der Waals surface area contributed by atoms with E-state index in [4.69, 9.17) is 0 Å². The van der Waals surface area contributed by atoms with Gasteiger partial charge in [0, 0.05) is 41.9 Å². The molecule has 6 heteroatoms. The summed E-state index contributed by atoms with van der Waals surface area (Å²) in [6.07, 6.45) is 5.57. The Kier molecular flexibility index (Phi) is 5.70. The Bertz CT molecular complexity index is 981. The van der Waals surface area contributed by atoms with Crippen LogP contribution in [0.4, 0.5) is 28.8 Å². The van der Waals surface area contributed by atoms with Crippen LogP contribution >= 0.6 is 0 Å². The van der Waals surface area contributed by atoms with Crippen LogP contribution in [0.1, 0.15) is 36.5 Å². The third-order valence-electron chi connectivity index (χ3n) is 5.04. The minimum absolute atomic E-state index is 0.0340. The van der Waals surface area contributed by atoms with E-state index in [1.807, 2.05) is 18.2 Å². The first kappa shape index (κ1) is 18.9. The molecule has 0 saturated carbocycles. The van der Waals surface area contributed by atoms with E-state index in [2.05, 4.69) is 49.8 Å². The molecule has 0 amide bonds. The zero-order valence-corrected chi connectivity index (χ0v) is 16.6. The molecule has 0 spiro atoms.